The van der Waals surface area contributed by atoms with Crippen LogP contribution in [0.5, 0.6) is 0 Å². The van der Waals surface area contributed by atoms with E-state index in [0.717, 1.165) is 36.0 Å². The summed E-state index contributed by atoms with van der Waals surface area (Å²) in [4.78, 5) is 14.2. The van der Waals surface area contributed by atoms with Gasteiger partial charge >= 0.3 is 0 Å². The zero-order valence-electron chi connectivity index (χ0n) is 16.8. The number of carbonyl (C=O) groups is 1. The third kappa shape index (κ3) is 3.77. The Bertz CT molecular complexity index is 829. The average Bonchev–Trinajstić information content (AvgIpc) is 2.77. The molecule has 1 fully saturated rings. The molecule has 0 amide bonds. The maximum absolute atomic E-state index is 14.2. The first-order chi connectivity index (χ1) is 14.2. The monoisotopic (exact) mass is 384 g/mol. The molecule has 2 nitrogen and oxygen atoms in total. The molecule has 0 heterocycles. The molecule has 0 unspecified atom stereocenters. The minimum atomic E-state index is -0.934. The summed E-state index contributed by atoms with van der Waals surface area (Å²) in [6, 6.07) is 30.0. The van der Waals surface area contributed by atoms with E-state index in [1.165, 1.54) is 0 Å². The molecule has 1 N–H and O–H groups in total. The van der Waals surface area contributed by atoms with E-state index in [4.69, 9.17) is 0 Å². The van der Waals surface area contributed by atoms with Crippen LogP contribution >= 0.6 is 0 Å². The number of aliphatic hydroxyl groups is 1. The zero-order valence-corrected chi connectivity index (χ0v) is 16.8. The van der Waals surface area contributed by atoms with Gasteiger partial charge in [0.15, 0.2) is 5.78 Å². The standard InChI is InChI=1S/C27H28O2/c28-25(21-26(29)19-11-4-12-20-26)27(22-13-5-1-6-14-22,23-15-7-2-8-16-23)24-17-9-3-10-18-24/h1-3,5-10,13-18,29H,4,11-12,19-21H2. The predicted molar refractivity (Wildman–Crippen MR) is 117 cm³/mol. The Morgan fingerprint density at radius 2 is 1.07 bits per heavy atom. The van der Waals surface area contributed by atoms with Gasteiger partial charge in [-0.05, 0) is 29.5 Å². The lowest BCUT2D eigenvalue weighted by Gasteiger charge is -2.39. The fourth-order valence-electron chi connectivity index (χ4n) is 4.87. The maximum atomic E-state index is 14.2. The summed E-state index contributed by atoms with van der Waals surface area (Å²) in [6.07, 6.45) is 4.68. The number of hydrogen-bond donors (Lipinski definition) is 1. The topological polar surface area (TPSA) is 37.3 Å². The summed E-state index contributed by atoms with van der Waals surface area (Å²) in [6.45, 7) is 0. The molecule has 3 aromatic carbocycles. The lowest BCUT2D eigenvalue weighted by atomic mass is 9.64. The van der Waals surface area contributed by atoms with Crippen LogP contribution in [0.2, 0.25) is 0 Å². The Labute approximate surface area is 173 Å². The molecule has 0 spiro atoms. The molecule has 1 aliphatic carbocycles. The summed E-state index contributed by atoms with van der Waals surface area (Å²) in [7, 11) is 0. The maximum Gasteiger partial charge on any atom is 0.155 e. The van der Waals surface area contributed by atoms with E-state index in [2.05, 4.69) is 0 Å². The highest BCUT2D eigenvalue weighted by atomic mass is 16.3. The lowest BCUT2D eigenvalue weighted by Crippen LogP contribution is -2.44. The van der Waals surface area contributed by atoms with Crippen LogP contribution in [0.4, 0.5) is 0 Å². The number of benzene rings is 3. The summed E-state index contributed by atoms with van der Waals surface area (Å²) in [5.74, 6) is 0.0606. The molecule has 0 atom stereocenters. The second kappa shape index (κ2) is 8.34. The van der Waals surface area contributed by atoms with Crippen LogP contribution in [0.15, 0.2) is 91.0 Å². The van der Waals surface area contributed by atoms with Crippen LogP contribution in [-0.2, 0) is 10.2 Å². The van der Waals surface area contributed by atoms with E-state index in [0.29, 0.717) is 12.8 Å². The number of hydrogen-bond acceptors (Lipinski definition) is 2. The van der Waals surface area contributed by atoms with Gasteiger partial charge in [0.25, 0.3) is 0 Å². The smallest absolute Gasteiger partial charge is 0.155 e. The minimum absolute atomic E-state index is 0.0606. The largest absolute Gasteiger partial charge is 0.389 e. The van der Waals surface area contributed by atoms with E-state index in [1.807, 2.05) is 91.0 Å². The SMILES string of the molecule is O=C(CC1(O)CCCCC1)C(c1ccccc1)(c1ccccc1)c1ccccc1. The normalized spacial score (nSPS) is 16.3. The van der Waals surface area contributed by atoms with Crippen molar-refractivity contribution in [3.05, 3.63) is 108 Å². The minimum Gasteiger partial charge on any atom is -0.389 e. The molecule has 1 aliphatic rings. The van der Waals surface area contributed by atoms with Crippen molar-refractivity contribution in [2.75, 3.05) is 0 Å². The van der Waals surface area contributed by atoms with Crippen LogP contribution in [0.3, 0.4) is 0 Å². The fraction of sp³-hybridized carbons (Fsp3) is 0.296. The van der Waals surface area contributed by atoms with Gasteiger partial charge in [0.05, 0.1) is 5.60 Å². The molecule has 1 saturated carbocycles. The molecule has 2 heteroatoms. The third-order valence-corrected chi connectivity index (χ3v) is 6.31. The second-order valence-electron chi connectivity index (χ2n) is 8.23. The molecule has 4 rings (SSSR count). The van der Waals surface area contributed by atoms with Crippen LogP contribution < -0.4 is 0 Å². The van der Waals surface area contributed by atoms with Crippen LogP contribution in [0.25, 0.3) is 0 Å². The van der Waals surface area contributed by atoms with Gasteiger partial charge in [0.1, 0.15) is 5.41 Å². The summed E-state index contributed by atoms with van der Waals surface area (Å²) < 4.78 is 0. The number of carbonyl (C=O) groups excluding carboxylic acids is 1. The third-order valence-electron chi connectivity index (χ3n) is 6.31. The molecule has 0 radical (unpaired) electrons. The molecular formula is C27H28O2. The highest BCUT2D eigenvalue weighted by Crippen LogP contribution is 2.43. The number of ketones is 1. The lowest BCUT2D eigenvalue weighted by molar-refractivity contribution is -0.128. The summed E-state index contributed by atoms with van der Waals surface area (Å²) in [5.41, 5.74) is 1.00. The Kier molecular flexibility index (Phi) is 5.64. The highest BCUT2D eigenvalue weighted by molar-refractivity contribution is 5.98. The van der Waals surface area contributed by atoms with Crippen LogP contribution in [-0.4, -0.2) is 16.5 Å². The van der Waals surface area contributed by atoms with Crippen LogP contribution in [0.1, 0.15) is 55.2 Å². The van der Waals surface area contributed by atoms with E-state index >= 15 is 0 Å². The van der Waals surface area contributed by atoms with Gasteiger partial charge in [-0.25, -0.2) is 0 Å². The van der Waals surface area contributed by atoms with Gasteiger partial charge in [0, 0.05) is 6.42 Å². The van der Waals surface area contributed by atoms with E-state index < -0.39 is 11.0 Å². The summed E-state index contributed by atoms with van der Waals surface area (Å²) >= 11 is 0. The van der Waals surface area contributed by atoms with E-state index in [-0.39, 0.29) is 12.2 Å². The van der Waals surface area contributed by atoms with Gasteiger partial charge in [-0.1, -0.05) is 110 Å². The van der Waals surface area contributed by atoms with Crippen molar-refractivity contribution < 1.29 is 9.90 Å². The molecule has 0 aliphatic heterocycles. The Morgan fingerprint density at radius 1 is 0.690 bits per heavy atom. The zero-order chi connectivity index (χ0) is 20.2. The van der Waals surface area contributed by atoms with Crippen molar-refractivity contribution >= 4 is 5.78 Å². The van der Waals surface area contributed by atoms with Gasteiger partial charge < -0.3 is 5.11 Å². The number of rotatable bonds is 6. The fourth-order valence-corrected chi connectivity index (χ4v) is 4.87. The van der Waals surface area contributed by atoms with Crippen molar-refractivity contribution in [3.8, 4) is 0 Å². The van der Waals surface area contributed by atoms with Crippen molar-refractivity contribution in [1.82, 2.24) is 0 Å². The highest BCUT2D eigenvalue weighted by Gasteiger charge is 2.46. The second-order valence-corrected chi connectivity index (χ2v) is 8.23. The first kappa shape index (κ1) is 19.6. The molecule has 0 aromatic heterocycles. The van der Waals surface area contributed by atoms with Crippen molar-refractivity contribution in [1.29, 1.82) is 0 Å². The molecule has 148 valence electrons. The van der Waals surface area contributed by atoms with E-state index in [1.54, 1.807) is 0 Å². The molecule has 3 aromatic rings. The quantitative estimate of drug-likeness (QED) is 0.556. The van der Waals surface area contributed by atoms with Gasteiger partial charge in [0.2, 0.25) is 0 Å². The van der Waals surface area contributed by atoms with Crippen molar-refractivity contribution in [2.24, 2.45) is 0 Å². The predicted octanol–water partition coefficient (Wildman–Crippen LogP) is 5.68. The Hall–Kier alpha value is -2.71. The van der Waals surface area contributed by atoms with Gasteiger partial charge in [-0.3, -0.25) is 4.79 Å². The number of Topliss-reactive ketones (excluding diaryl/α,β-unsaturated/α-hetero) is 1. The molecule has 0 bridgehead atoms. The first-order valence-electron chi connectivity index (χ1n) is 10.6. The molecule has 0 saturated heterocycles. The van der Waals surface area contributed by atoms with Crippen LogP contribution in [0, 0.1) is 0 Å². The van der Waals surface area contributed by atoms with E-state index in [9.17, 15) is 9.90 Å². The first-order valence-corrected chi connectivity index (χ1v) is 10.6. The molecular weight excluding hydrogens is 356 g/mol. The van der Waals surface area contributed by atoms with Gasteiger partial charge in [-0.15, -0.1) is 0 Å². The average molecular weight is 385 g/mol. The van der Waals surface area contributed by atoms with Crippen molar-refractivity contribution in [2.45, 2.75) is 49.5 Å². The summed E-state index contributed by atoms with van der Waals surface area (Å²) in [5, 5.41) is 11.2. The van der Waals surface area contributed by atoms with Crippen molar-refractivity contribution in [3.63, 3.8) is 0 Å². The van der Waals surface area contributed by atoms with Gasteiger partial charge in [-0.2, -0.15) is 0 Å². The molecule has 29 heavy (non-hydrogen) atoms. The Balaban J connectivity index is 1.91. The Morgan fingerprint density at radius 3 is 1.45 bits per heavy atom.